The Morgan fingerprint density at radius 1 is 1.06 bits per heavy atom. The number of halogens is 3. The molecule has 0 radical (unpaired) electrons. The summed E-state index contributed by atoms with van der Waals surface area (Å²) in [6, 6.07) is 17.8. The molecule has 3 rings (SSSR count). The maximum Gasteiger partial charge on any atom is 0.389 e. The summed E-state index contributed by atoms with van der Waals surface area (Å²) in [7, 11) is 0. The van der Waals surface area contributed by atoms with E-state index in [9.17, 15) is 18.0 Å². The van der Waals surface area contributed by atoms with Crippen molar-refractivity contribution in [2.24, 2.45) is 5.92 Å². The first kappa shape index (κ1) is 26.4. The maximum atomic E-state index is 13.1. The van der Waals surface area contributed by atoms with E-state index in [0.717, 1.165) is 48.0 Å². The molecule has 35 heavy (non-hydrogen) atoms. The van der Waals surface area contributed by atoms with Crippen molar-refractivity contribution in [1.29, 1.82) is 0 Å². The second-order valence-corrected chi connectivity index (χ2v) is 8.85. The molecule has 0 bridgehead atoms. The second-order valence-electron chi connectivity index (χ2n) is 8.85. The van der Waals surface area contributed by atoms with Crippen LogP contribution in [0.15, 0.2) is 66.7 Å². The zero-order valence-electron chi connectivity index (χ0n) is 20.2. The van der Waals surface area contributed by atoms with Crippen molar-refractivity contribution in [3.63, 3.8) is 0 Å². The Morgan fingerprint density at radius 2 is 1.80 bits per heavy atom. The first-order chi connectivity index (χ1) is 16.7. The van der Waals surface area contributed by atoms with Crippen LogP contribution in [0.5, 0.6) is 5.75 Å². The van der Waals surface area contributed by atoms with E-state index in [2.05, 4.69) is 36.3 Å². The van der Waals surface area contributed by atoms with Gasteiger partial charge in [-0.05, 0) is 37.1 Å². The van der Waals surface area contributed by atoms with Crippen LogP contribution in [0.1, 0.15) is 39.5 Å². The number of aromatic nitrogens is 1. The standard InChI is InChI=1S/C28H32F3NO3/c1-4-5-9-14-32-25(22-10-7-6-8-11-22)15-23-12-13-24(16-26(23)32)34-18-21(17-28(29,30)31)19-35-27(33)20(2)3/h6-8,10-13,15-16,21H,2,4-5,9,14,17-19H2,1,3H3. The van der Waals surface area contributed by atoms with Crippen LogP contribution in [-0.4, -0.2) is 29.9 Å². The molecule has 4 nitrogen and oxygen atoms in total. The number of carbonyl (C=O) groups is 1. The highest BCUT2D eigenvalue weighted by Gasteiger charge is 2.33. The third-order valence-corrected chi connectivity index (χ3v) is 5.73. The van der Waals surface area contributed by atoms with Crippen LogP contribution in [0.25, 0.3) is 22.2 Å². The van der Waals surface area contributed by atoms with Gasteiger partial charge in [0.15, 0.2) is 0 Å². The van der Waals surface area contributed by atoms with Gasteiger partial charge in [0.2, 0.25) is 0 Å². The van der Waals surface area contributed by atoms with Gasteiger partial charge in [0.1, 0.15) is 5.75 Å². The quantitative estimate of drug-likeness (QED) is 0.150. The minimum atomic E-state index is -4.40. The Balaban J connectivity index is 1.83. The first-order valence-electron chi connectivity index (χ1n) is 11.9. The van der Waals surface area contributed by atoms with E-state index in [1.807, 2.05) is 30.3 Å². The van der Waals surface area contributed by atoms with E-state index in [0.29, 0.717) is 5.75 Å². The molecule has 0 aliphatic heterocycles. The van der Waals surface area contributed by atoms with Gasteiger partial charge in [-0.2, -0.15) is 13.2 Å². The number of hydrogen-bond donors (Lipinski definition) is 0. The number of fused-ring (bicyclic) bond motifs is 1. The molecule has 0 saturated heterocycles. The molecule has 1 atom stereocenters. The molecule has 0 N–H and O–H groups in total. The van der Waals surface area contributed by atoms with Crippen molar-refractivity contribution < 1.29 is 27.4 Å². The number of esters is 1. The van der Waals surface area contributed by atoms with Crippen LogP contribution in [0, 0.1) is 5.92 Å². The summed E-state index contributed by atoms with van der Waals surface area (Å²) in [4.78, 5) is 11.7. The van der Waals surface area contributed by atoms with E-state index in [1.54, 1.807) is 6.07 Å². The van der Waals surface area contributed by atoms with Crippen LogP contribution < -0.4 is 4.74 Å². The number of carbonyl (C=O) groups excluding carboxylic acids is 1. The smallest absolute Gasteiger partial charge is 0.389 e. The lowest BCUT2D eigenvalue weighted by atomic mass is 10.1. The summed E-state index contributed by atoms with van der Waals surface area (Å²) in [5, 5.41) is 1.04. The predicted molar refractivity (Wildman–Crippen MR) is 132 cm³/mol. The van der Waals surface area contributed by atoms with Crippen molar-refractivity contribution in [3.05, 3.63) is 66.7 Å². The third-order valence-electron chi connectivity index (χ3n) is 5.73. The third kappa shape index (κ3) is 7.64. The number of hydrogen-bond acceptors (Lipinski definition) is 3. The molecule has 0 aliphatic rings. The Hall–Kier alpha value is -3.22. The zero-order valence-corrected chi connectivity index (χ0v) is 20.2. The lowest BCUT2D eigenvalue weighted by Gasteiger charge is -2.19. The lowest BCUT2D eigenvalue weighted by Crippen LogP contribution is -2.26. The van der Waals surface area contributed by atoms with Gasteiger partial charge < -0.3 is 14.0 Å². The average molecular weight is 488 g/mol. The molecule has 0 aliphatic carbocycles. The molecule has 0 spiro atoms. The summed E-state index contributed by atoms with van der Waals surface area (Å²) in [6.07, 6.45) is -2.28. The number of aryl methyl sites for hydroxylation is 1. The second kappa shape index (κ2) is 12.0. The van der Waals surface area contributed by atoms with Crippen LogP contribution in [0.2, 0.25) is 0 Å². The molecule has 0 saturated carbocycles. The van der Waals surface area contributed by atoms with Crippen LogP contribution in [0.4, 0.5) is 13.2 Å². The summed E-state index contributed by atoms with van der Waals surface area (Å²) in [5.74, 6) is -1.26. The van der Waals surface area contributed by atoms with Crippen molar-refractivity contribution in [3.8, 4) is 17.0 Å². The molecular weight excluding hydrogens is 455 g/mol. The van der Waals surface area contributed by atoms with E-state index < -0.39 is 24.5 Å². The number of unbranched alkanes of at least 4 members (excludes halogenated alkanes) is 2. The zero-order chi connectivity index (χ0) is 25.4. The monoisotopic (exact) mass is 487 g/mol. The molecule has 0 amide bonds. The van der Waals surface area contributed by atoms with Crippen LogP contribution in [-0.2, 0) is 16.1 Å². The number of ether oxygens (including phenoxy) is 2. The molecule has 3 aromatic rings. The minimum Gasteiger partial charge on any atom is -0.493 e. The van der Waals surface area contributed by atoms with E-state index in [-0.39, 0.29) is 18.8 Å². The number of nitrogens with zero attached hydrogens (tertiary/aromatic N) is 1. The van der Waals surface area contributed by atoms with Gasteiger partial charge >= 0.3 is 12.1 Å². The van der Waals surface area contributed by atoms with E-state index in [4.69, 9.17) is 9.47 Å². The van der Waals surface area contributed by atoms with Crippen LogP contribution in [0.3, 0.4) is 0 Å². The van der Waals surface area contributed by atoms with Crippen LogP contribution >= 0.6 is 0 Å². The normalized spacial score (nSPS) is 12.5. The maximum absolute atomic E-state index is 13.1. The summed E-state index contributed by atoms with van der Waals surface area (Å²) in [6.45, 7) is 7.28. The van der Waals surface area contributed by atoms with Gasteiger partial charge in [0.25, 0.3) is 0 Å². The largest absolute Gasteiger partial charge is 0.493 e. The highest BCUT2D eigenvalue weighted by atomic mass is 19.4. The summed E-state index contributed by atoms with van der Waals surface area (Å²) in [5.41, 5.74) is 3.31. The topological polar surface area (TPSA) is 40.5 Å². The Labute approximate surface area is 204 Å². The number of benzene rings is 2. The Morgan fingerprint density at radius 3 is 2.46 bits per heavy atom. The van der Waals surface area contributed by atoms with Crippen molar-refractivity contribution in [2.75, 3.05) is 13.2 Å². The molecule has 1 aromatic heterocycles. The molecule has 0 fully saturated rings. The van der Waals surface area contributed by atoms with Gasteiger partial charge in [0.05, 0.1) is 25.2 Å². The van der Waals surface area contributed by atoms with Gasteiger partial charge in [-0.1, -0.05) is 56.7 Å². The fourth-order valence-corrected chi connectivity index (χ4v) is 3.96. The number of rotatable bonds is 12. The first-order valence-corrected chi connectivity index (χ1v) is 11.9. The Kier molecular flexibility index (Phi) is 9.01. The van der Waals surface area contributed by atoms with E-state index in [1.165, 1.54) is 6.92 Å². The minimum absolute atomic E-state index is 0.139. The van der Waals surface area contributed by atoms with Crippen molar-refractivity contribution in [1.82, 2.24) is 4.57 Å². The van der Waals surface area contributed by atoms with Gasteiger partial charge in [-0.3, -0.25) is 0 Å². The average Bonchev–Trinajstić information content (AvgIpc) is 3.18. The fraction of sp³-hybridized carbons (Fsp3) is 0.393. The molecule has 2 aromatic carbocycles. The van der Waals surface area contributed by atoms with Crippen molar-refractivity contribution >= 4 is 16.9 Å². The fourth-order valence-electron chi connectivity index (χ4n) is 3.96. The Bertz CT molecular complexity index is 1140. The number of alkyl halides is 3. The summed E-state index contributed by atoms with van der Waals surface area (Å²) < 4.78 is 52.2. The van der Waals surface area contributed by atoms with E-state index >= 15 is 0 Å². The highest BCUT2D eigenvalue weighted by Crippen LogP contribution is 2.32. The summed E-state index contributed by atoms with van der Waals surface area (Å²) >= 11 is 0. The van der Waals surface area contributed by atoms with Gasteiger partial charge in [0, 0.05) is 35.2 Å². The molecule has 1 heterocycles. The predicted octanol–water partition coefficient (Wildman–Crippen LogP) is 7.57. The van der Waals surface area contributed by atoms with Gasteiger partial charge in [-0.25, -0.2) is 4.79 Å². The van der Waals surface area contributed by atoms with Gasteiger partial charge in [-0.15, -0.1) is 0 Å². The SMILES string of the molecule is C=C(C)C(=O)OCC(COc1ccc2cc(-c3ccccc3)n(CCCCC)c2c1)CC(F)(F)F. The molecule has 188 valence electrons. The highest BCUT2D eigenvalue weighted by molar-refractivity contribution is 5.88. The lowest BCUT2D eigenvalue weighted by molar-refractivity contribution is -0.158. The molecule has 1 unspecified atom stereocenters. The molecule has 7 heteroatoms. The molecular formula is C28H32F3NO3. The van der Waals surface area contributed by atoms with Crippen molar-refractivity contribution in [2.45, 2.75) is 52.3 Å².